The number of hydrogen-bond donors (Lipinski definition) is 1. The first-order valence-electron chi connectivity index (χ1n) is 5.32. The molecule has 1 atom stereocenters. The largest absolute Gasteiger partial charge is 0.314 e. The van der Waals surface area contributed by atoms with E-state index in [0.717, 1.165) is 0 Å². The van der Waals surface area contributed by atoms with Gasteiger partial charge < -0.3 is 5.32 Å². The van der Waals surface area contributed by atoms with Crippen LogP contribution in [-0.4, -0.2) is 12.6 Å². The predicted octanol–water partition coefficient (Wildman–Crippen LogP) is 2.98. The molecule has 1 saturated heterocycles. The van der Waals surface area contributed by atoms with Crippen LogP contribution in [0.15, 0.2) is 24.3 Å². The zero-order valence-electron chi connectivity index (χ0n) is 8.30. The zero-order valence-corrected chi connectivity index (χ0v) is 10.5. The number of piperidine rings is 1. The summed E-state index contributed by atoms with van der Waals surface area (Å²) in [6, 6.07) is 9.54. The van der Waals surface area contributed by atoms with Crippen molar-refractivity contribution in [1.82, 2.24) is 5.32 Å². The van der Waals surface area contributed by atoms with Crippen LogP contribution in [0.3, 0.4) is 0 Å². The van der Waals surface area contributed by atoms with Crippen molar-refractivity contribution in [3.8, 4) is 0 Å². The first-order chi connectivity index (χ1) is 6.84. The lowest BCUT2D eigenvalue weighted by atomic mass is 9.98. The lowest BCUT2D eigenvalue weighted by Crippen LogP contribution is -2.35. The van der Waals surface area contributed by atoms with Crippen LogP contribution in [-0.2, 0) is 6.42 Å². The van der Waals surface area contributed by atoms with Gasteiger partial charge in [-0.15, -0.1) is 0 Å². The number of hydrogen-bond acceptors (Lipinski definition) is 1. The highest BCUT2D eigenvalue weighted by atomic mass is 127. The van der Waals surface area contributed by atoms with Crippen LogP contribution in [0.4, 0.5) is 0 Å². The Morgan fingerprint density at radius 2 is 2.29 bits per heavy atom. The lowest BCUT2D eigenvalue weighted by molar-refractivity contribution is 0.399. The molecule has 2 rings (SSSR count). The molecule has 0 radical (unpaired) electrons. The van der Waals surface area contributed by atoms with Gasteiger partial charge in [0.15, 0.2) is 0 Å². The molecule has 1 aromatic rings. The number of rotatable bonds is 2. The first-order valence-corrected chi connectivity index (χ1v) is 6.40. The van der Waals surface area contributed by atoms with Crippen molar-refractivity contribution in [2.24, 2.45) is 0 Å². The van der Waals surface area contributed by atoms with E-state index >= 15 is 0 Å². The molecule has 0 bridgehead atoms. The normalized spacial score (nSPS) is 22.2. The molecule has 76 valence electrons. The second kappa shape index (κ2) is 5.12. The van der Waals surface area contributed by atoms with E-state index in [9.17, 15) is 0 Å². The lowest BCUT2D eigenvalue weighted by Gasteiger charge is -2.23. The summed E-state index contributed by atoms with van der Waals surface area (Å²) < 4.78 is 1.34. The average molecular weight is 301 g/mol. The minimum Gasteiger partial charge on any atom is -0.314 e. The minimum absolute atomic E-state index is 0.710. The molecule has 1 heterocycles. The van der Waals surface area contributed by atoms with Crippen LogP contribution in [0.5, 0.6) is 0 Å². The van der Waals surface area contributed by atoms with Gasteiger partial charge in [0.05, 0.1) is 0 Å². The summed E-state index contributed by atoms with van der Waals surface area (Å²) in [6.45, 7) is 1.20. The average Bonchev–Trinajstić information content (AvgIpc) is 2.19. The van der Waals surface area contributed by atoms with Gasteiger partial charge in [-0.05, 0) is 66.1 Å². The minimum atomic E-state index is 0.710. The highest BCUT2D eigenvalue weighted by Crippen LogP contribution is 2.14. The summed E-state index contributed by atoms with van der Waals surface area (Å²) in [5, 5.41) is 3.58. The van der Waals surface area contributed by atoms with Gasteiger partial charge in [-0.25, -0.2) is 0 Å². The third kappa shape index (κ3) is 2.95. The van der Waals surface area contributed by atoms with Crippen molar-refractivity contribution < 1.29 is 0 Å². The van der Waals surface area contributed by atoms with Gasteiger partial charge in [-0.3, -0.25) is 0 Å². The number of benzene rings is 1. The van der Waals surface area contributed by atoms with Crippen LogP contribution in [0.1, 0.15) is 24.8 Å². The SMILES string of the molecule is Ic1cccc(CC2CCCCN2)c1. The fourth-order valence-electron chi connectivity index (χ4n) is 2.05. The number of halogens is 1. The smallest absolute Gasteiger partial charge is 0.0133 e. The summed E-state index contributed by atoms with van der Waals surface area (Å²) >= 11 is 2.38. The maximum Gasteiger partial charge on any atom is 0.0133 e. The van der Waals surface area contributed by atoms with Gasteiger partial charge in [-0.2, -0.15) is 0 Å². The topological polar surface area (TPSA) is 12.0 Å². The Balaban J connectivity index is 1.95. The van der Waals surface area contributed by atoms with Gasteiger partial charge in [0.1, 0.15) is 0 Å². The molecular weight excluding hydrogens is 285 g/mol. The molecule has 1 aliphatic rings. The summed E-state index contributed by atoms with van der Waals surface area (Å²) in [5.74, 6) is 0. The van der Waals surface area contributed by atoms with E-state index in [4.69, 9.17) is 0 Å². The molecule has 1 fully saturated rings. The van der Waals surface area contributed by atoms with Crippen molar-refractivity contribution in [3.63, 3.8) is 0 Å². The van der Waals surface area contributed by atoms with Crippen molar-refractivity contribution in [2.45, 2.75) is 31.7 Å². The maximum absolute atomic E-state index is 3.58. The third-order valence-corrected chi connectivity index (χ3v) is 3.45. The molecule has 1 aliphatic heterocycles. The molecule has 2 heteroatoms. The highest BCUT2D eigenvalue weighted by Gasteiger charge is 2.12. The standard InChI is InChI=1S/C12H16IN/c13-11-5-3-4-10(8-11)9-12-6-1-2-7-14-12/h3-5,8,12,14H,1-2,6-7,9H2. The molecule has 1 N–H and O–H groups in total. The van der Waals surface area contributed by atoms with E-state index in [1.54, 1.807) is 0 Å². The Hall–Kier alpha value is -0.0900. The fraction of sp³-hybridized carbons (Fsp3) is 0.500. The fourth-order valence-corrected chi connectivity index (χ4v) is 2.65. The second-order valence-corrected chi connectivity index (χ2v) is 5.23. The molecule has 0 spiro atoms. The quantitative estimate of drug-likeness (QED) is 0.828. The van der Waals surface area contributed by atoms with E-state index in [1.165, 1.54) is 41.4 Å². The van der Waals surface area contributed by atoms with Crippen molar-refractivity contribution >= 4 is 22.6 Å². The van der Waals surface area contributed by atoms with Crippen molar-refractivity contribution in [1.29, 1.82) is 0 Å². The Labute approximate surface area is 99.4 Å². The summed E-state index contributed by atoms with van der Waals surface area (Å²) in [4.78, 5) is 0. The molecule has 0 aliphatic carbocycles. The Morgan fingerprint density at radius 3 is 3.00 bits per heavy atom. The van der Waals surface area contributed by atoms with Crippen LogP contribution in [0.25, 0.3) is 0 Å². The molecular formula is C12H16IN. The van der Waals surface area contributed by atoms with E-state index < -0.39 is 0 Å². The maximum atomic E-state index is 3.58. The van der Waals surface area contributed by atoms with E-state index in [1.807, 2.05) is 0 Å². The van der Waals surface area contributed by atoms with Gasteiger partial charge in [0, 0.05) is 9.61 Å². The van der Waals surface area contributed by atoms with Crippen molar-refractivity contribution in [2.75, 3.05) is 6.54 Å². The Morgan fingerprint density at radius 1 is 1.36 bits per heavy atom. The monoisotopic (exact) mass is 301 g/mol. The second-order valence-electron chi connectivity index (χ2n) is 3.98. The van der Waals surface area contributed by atoms with Gasteiger partial charge in [0.25, 0.3) is 0 Å². The van der Waals surface area contributed by atoms with E-state index in [2.05, 4.69) is 52.2 Å². The van der Waals surface area contributed by atoms with E-state index in [-0.39, 0.29) is 0 Å². The van der Waals surface area contributed by atoms with Crippen LogP contribution in [0, 0.1) is 3.57 Å². The third-order valence-electron chi connectivity index (χ3n) is 2.78. The first kappa shape index (κ1) is 10.4. The molecule has 1 nitrogen and oxygen atoms in total. The summed E-state index contributed by atoms with van der Waals surface area (Å²) in [5.41, 5.74) is 1.47. The van der Waals surface area contributed by atoms with Gasteiger partial charge >= 0.3 is 0 Å². The number of nitrogens with one attached hydrogen (secondary N) is 1. The molecule has 14 heavy (non-hydrogen) atoms. The molecule has 1 aromatic carbocycles. The molecule has 0 amide bonds. The van der Waals surface area contributed by atoms with Crippen LogP contribution in [0.2, 0.25) is 0 Å². The van der Waals surface area contributed by atoms with E-state index in [0.29, 0.717) is 6.04 Å². The summed E-state index contributed by atoms with van der Waals surface area (Å²) in [6.07, 6.45) is 5.27. The van der Waals surface area contributed by atoms with Crippen LogP contribution < -0.4 is 5.32 Å². The zero-order chi connectivity index (χ0) is 9.80. The Kier molecular flexibility index (Phi) is 3.81. The van der Waals surface area contributed by atoms with Crippen molar-refractivity contribution in [3.05, 3.63) is 33.4 Å². The molecule has 1 unspecified atom stereocenters. The molecule has 0 aromatic heterocycles. The van der Waals surface area contributed by atoms with Gasteiger partial charge in [0.2, 0.25) is 0 Å². The predicted molar refractivity (Wildman–Crippen MR) is 68.5 cm³/mol. The van der Waals surface area contributed by atoms with Crippen LogP contribution >= 0.6 is 22.6 Å². The Bertz CT molecular complexity index is 292. The van der Waals surface area contributed by atoms with Gasteiger partial charge in [-0.1, -0.05) is 18.6 Å². The molecule has 0 saturated carbocycles. The summed E-state index contributed by atoms with van der Waals surface area (Å²) in [7, 11) is 0. The highest BCUT2D eigenvalue weighted by molar-refractivity contribution is 14.1.